The zero-order valence-electron chi connectivity index (χ0n) is 16.5. The highest BCUT2D eigenvalue weighted by Crippen LogP contribution is 2.62. The van der Waals surface area contributed by atoms with E-state index in [-0.39, 0.29) is 17.6 Å². The first kappa shape index (κ1) is 17.5. The number of aromatic hydroxyl groups is 1. The first-order chi connectivity index (χ1) is 12.7. The summed E-state index contributed by atoms with van der Waals surface area (Å²) in [6.45, 7) is 6.18. The van der Waals surface area contributed by atoms with E-state index in [1.807, 2.05) is 13.0 Å². The summed E-state index contributed by atoms with van der Waals surface area (Å²) in [4.78, 5) is 12.9. The molecule has 1 aromatic rings. The Morgan fingerprint density at radius 3 is 2.74 bits per heavy atom. The van der Waals surface area contributed by atoms with Crippen LogP contribution >= 0.6 is 0 Å². The van der Waals surface area contributed by atoms with Gasteiger partial charge in [0.15, 0.2) is 23.4 Å². The van der Waals surface area contributed by atoms with E-state index in [1.165, 1.54) is 12.8 Å². The molecule has 0 bridgehead atoms. The molecule has 2 aliphatic carbocycles. The number of phenols is 1. The fourth-order valence-electron chi connectivity index (χ4n) is 6.48. The van der Waals surface area contributed by atoms with Gasteiger partial charge >= 0.3 is 0 Å². The number of fused-ring (bicyclic) bond motifs is 1. The molecule has 5 rings (SSSR count). The number of piperidine rings is 1. The van der Waals surface area contributed by atoms with Crippen LogP contribution < -0.4 is 4.74 Å². The van der Waals surface area contributed by atoms with E-state index < -0.39 is 17.1 Å². The van der Waals surface area contributed by atoms with Crippen LogP contribution in [0.1, 0.15) is 50.2 Å². The third kappa shape index (κ3) is 2.05. The Kier molecular flexibility index (Phi) is 3.41. The molecule has 2 saturated carbocycles. The molecule has 4 aliphatic rings. The van der Waals surface area contributed by atoms with Crippen molar-refractivity contribution in [3.8, 4) is 11.5 Å². The number of ether oxygens (including phenoxy) is 1. The lowest BCUT2D eigenvalue weighted by molar-refractivity contribution is -0.948. The molecule has 5 heteroatoms. The van der Waals surface area contributed by atoms with Gasteiger partial charge in [-0.05, 0) is 44.7 Å². The number of aryl methyl sites for hydroxylation is 1. The number of phenolic OH excluding ortho intramolecular Hbond substituents is 1. The lowest BCUT2D eigenvalue weighted by atomic mass is 9.52. The number of hydrogen-bond acceptors (Lipinski definition) is 4. The monoisotopic (exact) mass is 372 g/mol. The smallest absolute Gasteiger partial charge is 0.174 e. The molecule has 1 spiro atoms. The third-order valence-electron chi connectivity index (χ3n) is 8.31. The summed E-state index contributed by atoms with van der Waals surface area (Å²) in [5.74, 6) is 1.32. The number of quaternary nitrogens is 1. The number of likely N-dealkylation sites (tertiary alicyclic amines) is 1. The summed E-state index contributed by atoms with van der Waals surface area (Å²) in [6.07, 6.45) is 3.43. The lowest BCUT2D eigenvalue weighted by Crippen LogP contribution is -2.78. The molecule has 0 amide bonds. The van der Waals surface area contributed by atoms with Gasteiger partial charge in [-0.25, -0.2) is 0 Å². The van der Waals surface area contributed by atoms with Crippen molar-refractivity contribution >= 4 is 5.78 Å². The van der Waals surface area contributed by atoms with Gasteiger partial charge < -0.3 is 19.4 Å². The van der Waals surface area contributed by atoms with Gasteiger partial charge in [0.25, 0.3) is 0 Å². The number of benzene rings is 1. The molecule has 0 aromatic heterocycles. The fourth-order valence-corrected chi connectivity index (χ4v) is 6.48. The molecule has 2 heterocycles. The SMILES string of the molecule is Cc1ccc(O)c2c1[C@]13CC[N@+](C)(CC4CC4)[C@H](C)[C@]1(O)CCC(=O)[C@@H]3O2. The van der Waals surface area contributed by atoms with Crippen LogP contribution in [0.15, 0.2) is 12.1 Å². The van der Waals surface area contributed by atoms with Crippen LogP contribution in [0.3, 0.4) is 0 Å². The first-order valence-electron chi connectivity index (χ1n) is 10.3. The van der Waals surface area contributed by atoms with Gasteiger partial charge in [0.2, 0.25) is 0 Å². The maximum Gasteiger partial charge on any atom is 0.174 e. The number of ketones is 1. The average Bonchev–Trinajstić information content (AvgIpc) is 3.35. The Morgan fingerprint density at radius 2 is 2.04 bits per heavy atom. The number of carbonyl (C=O) groups excluding carboxylic acids is 1. The zero-order valence-corrected chi connectivity index (χ0v) is 16.5. The Bertz CT molecular complexity index is 834. The molecule has 0 unspecified atom stereocenters. The molecule has 1 aromatic carbocycles. The number of aliphatic hydroxyl groups is 1. The molecule has 5 atom stereocenters. The van der Waals surface area contributed by atoms with Crippen molar-refractivity contribution in [1.82, 2.24) is 0 Å². The van der Waals surface area contributed by atoms with Gasteiger partial charge in [0.1, 0.15) is 11.6 Å². The maximum absolute atomic E-state index is 12.9. The largest absolute Gasteiger partial charge is 0.504 e. The van der Waals surface area contributed by atoms with E-state index >= 15 is 0 Å². The van der Waals surface area contributed by atoms with Gasteiger partial charge in [-0.2, -0.15) is 0 Å². The van der Waals surface area contributed by atoms with Crippen LogP contribution in [0.4, 0.5) is 0 Å². The van der Waals surface area contributed by atoms with Crippen molar-refractivity contribution in [2.24, 2.45) is 5.92 Å². The van der Waals surface area contributed by atoms with E-state index in [4.69, 9.17) is 4.74 Å². The molecule has 0 radical (unpaired) electrons. The molecule has 27 heavy (non-hydrogen) atoms. The summed E-state index contributed by atoms with van der Waals surface area (Å²) < 4.78 is 6.96. The van der Waals surface area contributed by atoms with Crippen molar-refractivity contribution in [2.45, 2.75) is 69.1 Å². The number of likely N-dealkylation sites (N-methyl/N-ethyl adjacent to an activating group) is 1. The Hall–Kier alpha value is -1.59. The summed E-state index contributed by atoms with van der Waals surface area (Å²) >= 11 is 0. The Morgan fingerprint density at radius 1 is 1.30 bits per heavy atom. The normalized spacial score (nSPS) is 42.9. The Labute approximate surface area is 160 Å². The van der Waals surface area contributed by atoms with Gasteiger partial charge in [-0.1, -0.05) is 6.07 Å². The molecule has 1 saturated heterocycles. The molecule has 2 aliphatic heterocycles. The summed E-state index contributed by atoms with van der Waals surface area (Å²) in [6, 6.07) is 3.52. The van der Waals surface area contributed by atoms with Crippen molar-refractivity contribution < 1.29 is 24.2 Å². The van der Waals surface area contributed by atoms with E-state index in [1.54, 1.807) is 6.07 Å². The van der Waals surface area contributed by atoms with Crippen LogP contribution in [0.2, 0.25) is 0 Å². The molecule has 146 valence electrons. The maximum atomic E-state index is 12.9. The summed E-state index contributed by atoms with van der Waals surface area (Å²) in [7, 11) is 2.27. The second-order valence-electron chi connectivity index (χ2n) is 9.72. The standard InChI is InChI=1S/C22H29NO4/c1-13-4-7-16(24)19-18(13)21-10-11-23(3,12-15-5-6-15)14(2)22(21,26)9-8-17(25)20(21)27-19/h4,7,14-15,20,26H,5-6,8-12H2,1-3H3/p+1/t14-,20+,21+,22-,23-/m1/s1. The molecule has 5 nitrogen and oxygen atoms in total. The van der Waals surface area contributed by atoms with Crippen LogP contribution in [0.5, 0.6) is 11.5 Å². The number of rotatable bonds is 2. The number of carbonyl (C=O) groups is 1. The van der Waals surface area contributed by atoms with Crippen molar-refractivity contribution in [3.05, 3.63) is 23.3 Å². The highest BCUT2D eigenvalue weighted by atomic mass is 16.5. The fraction of sp³-hybridized carbons (Fsp3) is 0.682. The van der Waals surface area contributed by atoms with E-state index in [0.29, 0.717) is 25.0 Å². The van der Waals surface area contributed by atoms with Crippen LogP contribution in [-0.2, 0) is 10.2 Å². The predicted octanol–water partition coefficient (Wildman–Crippen LogP) is 2.44. The minimum atomic E-state index is -1.02. The summed E-state index contributed by atoms with van der Waals surface area (Å²) in [5.41, 5.74) is 0.0925. The second-order valence-corrected chi connectivity index (χ2v) is 9.72. The van der Waals surface area contributed by atoms with E-state index in [0.717, 1.165) is 34.6 Å². The molecule has 3 fully saturated rings. The van der Waals surface area contributed by atoms with E-state index in [9.17, 15) is 15.0 Å². The van der Waals surface area contributed by atoms with Crippen LogP contribution in [0, 0.1) is 12.8 Å². The number of nitrogens with zero attached hydrogens (tertiary/aromatic N) is 1. The molecule has 2 N–H and O–H groups in total. The predicted molar refractivity (Wildman–Crippen MR) is 101 cm³/mol. The number of Topliss-reactive ketones (excluding diaryl/α,β-unsaturated/α-hetero) is 1. The average molecular weight is 372 g/mol. The highest BCUT2D eigenvalue weighted by molar-refractivity contribution is 5.89. The quantitative estimate of drug-likeness (QED) is 0.783. The Balaban J connectivity index is 1.69. The minimum Gasteiger partial charge on any atom is -0.504 e. The van der Waals surface area contributed by atoms with Crippen molar-refractivity contribution in [3.63, 3.8) is 0 Å². The van der Waals surface area contributed by atoms with Gasteiger partial charge in [-0.15, -0.1) is 0 Å². The molecular weight excluding hydrogens is 342 g/mol. The van der Waals surface area contributed by atoms with Crippen molar-refractivity contribution in [2.75, 3.05) is 20.1 Å². The lowest BCUT2D eigenvalue weighted by Gasteiger charge is -2.61. The van der Waals surface area contributed by atoms with Crippen LogP contribution in [0.25, 0.3) is 0 Å². The zero-order chi connectivity index (χ0) is 19.2. The topological polar surface area (TPSA) is 66.8 Å². The van der Waals surface area contributed by atoms with Gasteiger partial charge in [0, 0.05) is 24.3 Å². The van der Waals surface area contributed by atoms with Gasteiger partial charge in [0.05, 0.1) is 25.6 Å². The third-order valence-corrected chi connectivity index (χ3v) is 8.31. The van der Waals surface area contributed by atoms with Gasteiger partial charge in [-0.3, -0.25) is 4.79 Å². The first-order valence-corrected chi connectivity index (χ1v) is 10.3. The van der Waals surface area contributed by atoms with Crippen LogP contribution in [-0.4, -0.2) is 58.4 Å². The highest BCUT2D eigenvalue weighted by Gasteiger charge is 2.73. The van der Waals surface area contributed by atoms with Crippen molar-refractivity contribution in [1.29, 1.82) is 0 Å². The second kappa shape index (κ2) is 5.26. The van der Waals surface area contributed by atoms with E-state index in [2.05, 4.69) is 14.0 Å². The summed E-state index contributed by atoms with van der Waals surface area (Å²) in [5, 5.41) is 22.7. The molecular formula is C22H30NO4+. The number of hydrogen-bond donors (Lipinski definition) is 2. The minimum absolute atomic E-state index is 0.0127.